The number of oxime groups is 1. The Kier molecular flexibility index (Phi) is 3.15. The molecule has 1 heterocycles. The molecule has 0 aliphatic heterocycles. The van der Waals surface area contributed by atoms with Crippen molar-refractivity contribution < 1.29 is 5.21 Å². The van der Waals surface area contributed by atoms with Crippen LogP contribution in [0.4, 0.5) is 0 Å². The number of nitrogens with two attached hydrogens (primary N) is 1. The van der Waals surface area contributed by atoms with Gasteiger partial charge >= 0.3 is 0 Å². The molecule has 0 saturated heterocycles. The maximum atomic E-state index is 8.77. The predicted molar refractivity (Wildman–Crippen MR) is 76.4 cm³/mol. The van der Waals surface area contributed by atoms with Crippen molar-refractivity contribution in [1.82, 2.24) is 4.57 Å². The lowest BCUT2D eigenvalue weighted by Gasteiger charge is -2.12. The Morgan fingerprint density at radius 1 is 1.32 bits per heavy atom. The molecular weight excluding hydrogens is 238 g/mol. The summed E-state index contributed by atoms with van der Waals surface area (Å²) in [6.45, 7) is 1.07. The van der Waals surface area contributed by atoms with E-state index in [1.807, 2.05) is 18.2 Å². The molecule has 0 spiro atoms. The first-order valence-corrected chi connectivity index (χ1v) is 6.85. The fourth-order valence-electron chi connectivity index (χ4n) is 3.03. The van der Waals surface area contributed by atoms with Gasteiger partial charge in [0.15, 0.2) is 5.84 Å². The maximum absolute atomic E-state index is 8.77. The number of hydrogen-bond donors (Lipinski definition) is 2. The Morgan fingerprint density at radius 3 is 2.84 bits per heavy atom. The van der Waals surface area contributed by atoms with Crippen LogP contribution in [0.15, 0.2) is 35.6 Å². The second-order valence-electron chi connectivity index (χ2n) is 5.38. The lowest BCUT2D eigenvalue weighted by molar-refractivity contribution is 0.318. The van der Waals surface area contributed by atoms with Gasteiger partial charge < -0.3 is 15.5 Å². The van der Waals surface area contributed by atoms with Crippen LogP contribution in [-0.2, 0) is 6.54 Å². The molecule has 1 aromatic heterocycles. The summed E-state index contributed by atoms with van der Waals surface area (Å²) in [5, 5.41) is 13.0. The van der Waals surface area contributed by atoms with Crippen LogP contribution in [0.5, 0.6) is 0 Å². The summed E-state index contributed by atoms with van der Waals surface area (Å²) < 4.78 is 2.29. The third-order valence-electron chi connectivity index (χ3n) is 4.11. The second-order valence-corrected chi connectivity index (χ2v) is 5.38. The smallest absolute Gasteiger partial charge is 0.170 e. The van der Waals surface area contributed by atoms with Gasteiger partial charge in [-0.2, -0.15) is 0 Å². The Morgan fingerprint density at radius 2 is 2.11 bits per heavy atom. The number of hydrogen-bond acceptors (Lipinski definition) is 2. The maximum Gasteiger partial charge on any atom is 0.170 e. The molecule has 3 rings (SSSR count). The molecular formula is C15H19N3O. The largest absolute Gasteiger partial charge is 0.409 e. The molecule has 4 heteroatoms. The van der Waals surface area contributed by atoms with Crippen LogP contribution in [0.2, 0.25) is 0 Å². The Labute approximate surface area is 112 Å². The number of rotatable bonds is 3. The fourth-order valence-corrected chi connectivity index (χ4v) is 3.03. The first kappa shape index (κ1) is 12.1. The summed E-state index contributed by atoms with van der Waals surface area (Å²) in [5.41, 5.74) is 7.59. The molecule has 4 nitrogen and oxygen atoms in total. The molecule has 0 unspecified atom stereocenters. The van der Waals surface area contributed by atoms with Crippen molar-refractivity contribution in [2.45, 2.75) is 32.2 Å². The van der Waals surface area contributed by atoms with E-state index in [0.29, 0.717) is 0 Å². The van der Waals surface area contributed by atoms with Crippen molar-refractivity contribution in [2.24, 2.45) is 16.8 Å². The minimum absolute atomic E-state index is 0.163. The number of fused-ring (bicyclic) bond motifs is 1. The molecule has 3 N–H and O–H groups in total. The molecule has 19 heavy (non-hydrogen) atoms. The highest BCUT2D eigenvalue weighted by Crippen LogP contribution is 2.28. The van der Waals surface area contributed by atoms with Gasteiger partial charge in [0.2, 0.25) is 0 Å². The average Bonchev–Trinajstić information content (AvgIpc) is 3.08. The van der Waals surface area contributed by atoms with E-state index in [1.165, 1.54) is 31.1 Å². The van der Waals surface area contributed by atoms with E-state index in [9.17, 15) is 0 Å². The predicted octanol–water partition coefficient (Wildman–Crippen LogP) is 2.93. The van der Waals surface area contributed by atoms with E-state index in [1.54, 1.807) is 0 Å². The normalized spacial score (nSPS) is 17.4. The molecule has 0 radical (unpaired) electrons. The molecule has 1 saturated carbocycles. The van der Waals surface area contributed by atoms with Gasteiger partial charge in [0, 0.05) is 23.8 Å². The van der Waals surface area contributed by atoms with Gasteiger partial charge in [0.25, 0.3) is 0 Å². The summed E-state index contributed by atoms with van der Waals surface area (Å²) in [6, 6.07) is 8.03. The number of aromatic nitrogens is 1. The van der Waals surface area contributed by atoms with Crippen molar-refractivity contribution in [3.63, 3.8) is 0 Å². The van der Waals surface area contributed by atoms with E-state index in [0.717, 1.165) is 23.5 Å². The fraction of sp³-hybridized carbons (Fsp3) is 0.400. The number of benzene rings is 1. The van der Waals surface area contributed by atoms with Gasteiger partial charge in [-0.1, -0.05) is 30.1 Å². The van der Waals surface area contributed by atoms with Gasteiger partial charge in [-0.3, -0.25) is 0 Å². The summed E-state index contributed by atoms with van der Waals surface area (Å²) in [7, 11) is 0. The highest BCUT2D eigenvalue weighted by atomic mass is 16.4. The molecule has 1 aromatic carbocycles. The third-order valence-corrected chi connectivity index (χ3v) is 4.11. The van der Waals surface area contributed by atoms with Crippen molar-refractivity contribution in [3.8, 4) is 0 Å². The average molecular weight is 257 g/mol. The molecule has 1 aliphatic rings. The summed E-state index contributed by atoms with van der Waals surface area (Å²) in [4.78, 5) is 0. The van der Waals surface area contributed by atoms with E-state index < -0.39 is 0 Å². The first-order chi connectivity index (χ1) is 9.28. The van der Waals surface area contributed by atoms with E-state index in [4.69, 9.17) is 10.9 Å². The third kappa shape index (κ3) is 2.30. The topological polar surface area (TPSA) is 63.5 Å². The van der Waals surface area contributed by atoms with Gasteiger partial charge in [0.05, 0.1) is 0 Å². The van der Waals surface area contributed by atoms with E-state index in [2.05, 4.69) is 22.0 Å². The number of nitrogens with zero attached hydrogens (tertiary/aromatic N) is 2. The van der Waals surface area contributed by atoms with Crippen LogP contribution in [0.1, 0.15) is 31.2 Å². The highest BCUT2D eigenvalue weighted by molar-refractivity contribution is 6.00. The monoisotopic (exact) mass is 257 g/mol. The zero-order chi connectivity index (χ0) is 13.2. The Hall–Kier alpha value is -1.97. The molecule has 0 bridgehead atoms. The molecule has 2 aromatic rings. The highest BCUT2D eigenvalue weighted by Gasteiger charge is 2.16. The molecule has 100 valence electrons. The van der Waals surface area contributed by atoms with Gasteiger partial charge in [-0.05, 0) is 36.3 Å². The first-order valence-electron chi connectivity index (χ1n) is 6.85. The van der Waals surface area contributed by atoms with E-state index >= 15 is 0 Å². The SMILES string of the molecule is N/C(=N/O)c1ccc2ccn(CC3CCCC3)c2c1. The minimum Gasteiger partial charge on any atom is -0.409 e. The zero-order valence-corrected chi connectivity index (χ0v) is 10.9. The van der Waals surface area contributed by atoms with Crippen LogP contribution in [0.3, 0.4) is 0 Å². The van der Waals surface area contributed by atoms with Gasteiger partial charge in [-0.15, -0.1) is 0 Å². The van der Waals surface area contributed by atoms with E-state index in [-0.39, 0.29) is 5.84 Å². The van der Waals surface area contributed by atoms with Crippen molar-refractivity contribution in [2.75, 3.05) is 0 Å². The molecule has 1 aliphatic carbocycles. The van der Waals surface area contributed by atoms with Crippen molar-refractivity contribution in [3.05, 3.63) is 36.0 Å². The van der Waals surface area contributed by atoms with Crippen LogP contribution in [-0.4, -0.2) is 15.6 Å². The van der Waals surface area contributed by atoms with Gasteiger partial charge in [-0.25, -0.2) is 0 Å². The van der Waals surface area contributed by atoms with Crippen molar-refractivity contribution >= 4 is 16.7 Å². The zero-order valence-electron chi connectivity index (χ0n) is 10.9. The second kappa shape index (κ2) is 4.96. The number of amidine groups is 1. The minimum atomic E-state index is 0.163. The summed E-state index contributed by atoms with van der Waals surface area (Å²) in [6.07, 6.45) is 7.52. The molecule has 0 amide bonds. The van der Waals surface area contributed by atoms with Crippen molar-refractivity contribution in [1.29, 1.82) is 0 Å². The van der Waals surface area contributed by atoms with Crippen LogP contribution in [0, 0.1) is 5.92 Å². The van der Waals surface area contributed by atoms with Crippen LogP contribution < -0.4 is 5.73 Å². The lowest BCUT2D eigenvalue weighted by Crippen LogP contribution is -2.13. The van der Waals surface area contributed by atoms with Crippen LogP contribution in [0.25, 0.3) is 10.9 Å². The quantitative estimate of drug-likeness (QED) is 0.384. The summed E-state index contributed by atoms with van der Waals surface area (Å²) in [5.74, 6) is 0.957. The lowest BCUT2D eigenvalue weighted by atomic mass is 10.1. The summed E-state index contributed by atoms with van der Waals surface area (Å²) >= 11 is 0. The van der Waals surface area contributed by atoms with Crippen LogP contribution >= 0.6 is 0 Å². The molecule has 1 fully saturated rings. The molecule has 0 atom stereocenters. The standard InChI is InChI=1S/C15H19N3O/c16-15(17-19)13-6-5-12-7-8-18(14(12)9-13)10-11-3-1-2-4-11/h5-9,11,19H,1-4,10H2,(H2,16,17). The Bertz CT molecular complexity index is 609. The van der Waals surface area contributed by atoms with Gasteiger partial charge in [0.1, 0.15) is 0 Å². The Balaban J connectivity index is 1.95.